The lowest BCUT2D eigenvalue weighted by Gasteiger charge is -2.38. The van der Waals surface area contributed by atoms with Gasteiger partial charge in [0.05, 0.1) is 12.6 Å². The molecule has 1 atom stereocenters. The predicted molar refractivity (Wildman–Crippen MR) is 55.0 cm³/mol. The smallest absolute Gasteiger partial charge is 0.315 e. The summed E-state index contributed by atoms with van der Waals surface area (Å²) in [5.74, 6) is 0. The van der Waals surface area contributed by atoms with Crippen LogP contribution < -0.4 is 10.6 Å². The minimum Gasteiger partial charge on any atom is -0.394 e. The monoisotopic (exact) mass is 200 g/mol. The number of carbonyl (C=O) groups is 1. The molecule has 0 heterocycles. The predicted octanol–water partition coefficient (Wildman–Crippen LogP) is 0.857. The lowest BCUT2D eigenvalue weighted by Crippen LogP contribution is -2.47. The molecule has 1 aliphatic carbocycles. The van der Waals surface area contributed by atoms with Gasteiger partial charge < -0.3 is 15.7 Å². The number of rotatable bonds is 4. The molecule has 0 aromatic rings. The molecule has 1 rings (SSSR count). The van der Waals surface area contributed by atoms with Crippen LogP contribution in [0.4, 0.5) is 4.79 Å². The van der Waals surface area contributed by atoms with E-state index in [1.807, 2.05) is 0 Å². The van der Waals surface area contributed by atoms with Crippen molar-refractivity contribution in [3.8, 4) is 0 Å². The van der Waals surface area contributed by atoms with Crippen molar-refractivity contribution in [2.75, 3.05) is 13.2 Å². The molecule has 0 unspecified atom stereocenters. The molecule has 0 bridgehead atoms. The molecule has 0 aliphatic heterocycles. The minimum atomic E-state index is -0.181. The molecule has 1 saturated carbocycles. The Bertz CT molecular complexity index is 202. The fourth-order valence-electron chi connectivity index (χ4n) is 1.57. The van der Waals surface area contributed by atoms with Crippen molar-refractivity contribution in [1.82, 2.24) is 10.6 Å². The number of nitrogens with one attached hydrogen (secondary N) is 2. The lowest BCUT2D eigenvalue weighted by atomic mass is 9.70. The maximum absolute atomic E-state index is 11.3. The van der Waals surface area contributed by atoms with Crippen LogP contribution in [0.15, 0.2) is 0 Å². The third kappa shape index (κ3) is 3.18. The summed E-state index contributed by atoms with van der Waals surface area (Å²) in [6.07, 6.45) is 3.67. The minimum absolute atomic E-state index is 0.0231. The summed E-state index contributed by atoms with van der Waals surface area (Å²) in [5.41, 5.74) is 0.305. The van der Waals surface area contributed by atoms with Gasteiger partial charge in [0.1, 0.15) is 0 Å². The van der Waals surface area contributed by atoms with Crippen LogP contribution in [0.1, 0.15) is 33.1 Å². The first kappa shape index (κ1) is 11.3. The summed E-state index contributed by atoms with van der Waals surface area (Å²) < 4.78 is 0. The molecule has 0 aromatic heterocycles. The highest BCUT2D eigenvalue weighted by Gasteiger charge is 2.31. The second-order valence-corrected chi connectivity index (χ2v) is 4.57. The van der Waals surface area contributed by atoms with E-state index < -0.39 is 0 Å². The number of amides is 2. The van der Waals surface area contributed by atoms with Gasteiger partial charge in [-0.1, -0.05) is 13.3 Å². The van der Waals surface area contributed by atoms with Crippen molar-refractivity contribution in [2.24, 2.45) is 5.41 Å². The molecule has 1 aliphatic rings. The van der Waals surface area contributed by atoms with E-state index in [9.17, 15) is 4.79 Å². The molecule has 4 nitrogen and oxygen atoms in total. The number of carbonyl (C=O) groups excluding carboxylic acids is 1. The Hall–Kier alpha value is -0.770. The van der Waals surface area contributed by atoms with Gasteiger partial charge in [0, 0.05) is 6.54 Å². The highest BCUT2D eigenvalue weighted by atomic mass is 16.3. The van der Waals surface area contributed by atoms with E-state index in [1.165, 1.54) is 19.3 Å². The Kier molecular flexibility index (Phi) is 3.75. The highest BCUT2D eigenvalue weighted by Crippen LogP contribution is 2.39. The van der Waals surface area contributed by atoms with Gasteiger partial charge in [-0.2, -0.15) is 0 Å². The topological polar surface area (TPSA) is 61.4 Å². The quantitative estimate of drug-likeness (QED) is 0.630. The highest BCUT2D eigenvalue weighted by molar-refractivity contribution is 5.74. The third-order valence-electron chi connectivity index (χ3n) is 2.89. The SMILES string of the molecule is C[C@@H](CO)NC(=O)NCC1(C)CCC1. The molecule has 2 amide bonds. The van der Waals surface area contributed by atoms with Crippen LogP contribution in [0.2, 0.25) is 0 Å². The third-order valence-corrected chi connectivity index (χ3v) is 2.89. The average Bonchev–Trinajstić information content (AvgIpc) is 2.11. The van der Waals surface area contributed by atoms with Crippen LogP contribution >= 0.6 is 0 Å². The number of urea groups is 1. The van der Waals surface area contributed by atoms with E-state index in [0.29, 0.717) is 5.41 Å². The van der Waals surface area contributed by atoms with Gasteiger partial charge in [0.25, 0.3) is 0 Å². The molecule has 82 valence electrons. The van der Waals surface area contributed by atoms with Crippen LogP contribution in [0.25, 0.3) is 0 Å². The first-order valence-corrected chi connectivity index (χ1v) is 5.21. The summed E-state index contributed by atoms with van der Waals surface area (Å²) in [5, 5.41) is 14.2. The summed E-state index contributed by atoms with van der Waals surface area (Å²) in [6.45, 7) is 4.67. The zero-order chi connectivity index (χ0) is 10.6. The summed E-state index contributed by atoms with van der Waals surface area (Å²) in [6, 6.07) is -0.358. The Labute approximate surface area is 85.1 Å². The van der Waals surface area contributed by atoms with E-state index in [0.717, 1.165) is 6.54 Å². The standard InChI is InChI=1S/C10H20N2O2/c1-8(6-13)12-9(14)11-7-10(2)4-3-5-10/h8,13H,3-7H2,1-2H3,(H2,11,12,14)/t8-/m0/s1. The van der Waals surface area contributed by atoms with Crippen LogP contribution in [-0.2, 0) is 0 Å². The molecule has 4 heteroatoms. The van der Waals surface area contributed by atoms with Crippen molar-refractivity contribution in [2.45, 2.75) is 39.2 Å². The molecular weight excluding hydrogens is 180 g/mol. The average molecular weight is 200 g/mol. The fourth-order valence-corrected chi connectivity index (χ4v) is 1.57. The first-order valence-electron chi connectivity index (χ1n) is 5.21. The second-order valence-electron chi connectivity index (χ2n) is 4.57. The maximum Gasteiger partial charge on any atom is 0.315 e. The largest absolute Gasteiger partial charge is 0.394 e. The van der Waals surface area contributed by atoms with Crippen molar-refractivity contribution in [1.29, 1.82) is 0 Å². The van der Waals surface area contributed by atoms with Gasteiger partial charge in [-0.3, -0.25) is 0 Å². The number of hydrogen-bond donors (Lipinski definition) is 3. The number of aliphatic hydroxyl groups excluding tert-OH is 1. The zero-order valence-corrected chi connectivity index (χ0v) is 8.97. The second kappa shape index (κ2) is 4.64. The van der Waals surface area contributed by atoms with Crippen LogP contribution in [0.5, 0.6) is 0 Å². The molecule has 0 radical (unpaired) electrons. The van der Waals surface area contributed by atoms with Gasteiger partial charge in [0.2, 0.25) is 0 Å². The fraction of sp³-hybridized carbons (Fsp3) is 0.900. The van der Waals surface area contributed by atoms with Gasteiger partial charge in [-0.05, 0) is 25.2 Å². The van der Waals surface area contributed by atoms with Crippen molar-refractivity contribution in [3.05, 3.63) is 0 Å². The molecule has 1 fully saturated rings. The number of aliphatic hydroxyl groups is 1. The molecule has 3 N–H and O–H groups in total. The van der Waals surface area contributed by atoms with Gasteiger partial charge >= 0.3 is 6.03 Å². The summed E-state index contributed by atoms with van der Waals surface area (Å²) in [4.78, 5) is 11.3. The molecule has 0 aromatic carbocycles. The Morgan fingerprint density at radius 2 is 2.21 bits per heavy atom. The van der Waals surface area contributed by atoms with Crippen molar-refractivity contribution >= 4 is 6.03 Å². The molecule has 14 heavy (non-hydrogen) atoms. The molecule has 0 spiro atoms. The van der Waals surface area contributed by atoms with E-state index in [-0.39, 0.29) is 18.7 Å². The van der Waals surface area contributed by atoms with Crippen LogP contribution in [-0.4, -0.2) is 30.3 Å². The number of hydrogen-bond acceptors (Lipinski definition) is 2. The van der Waals surface area contributed by atoms with Gasteiger partial charge in [0.15, 0.2) is 0 Å². The van der Waals surface area contributed by atoms with E-state index in [1.54, 1.807) is 6.92 Å². The molecular formula is C10H20N2O2. The van der Waals surface area contributed by atoms with Gasteiger partial charge in [-0.25, -0.2) is 4.79 Å². The zero-order valence-electron chi connectivity index (χ0n) is 8.97. The van der Waals surface area contributed by atoms with E-state index in [2.05, 4.69) is 17.6 Å². The summed E-state index contributed by atoms with van der Waals surface area (Å²) in [7, 11) is 0. The van der Waals surface area contributed by atoms with Crippen LogP contribution in [0, 0.1) is 5.41 Å². The van der Waals surface area contributed by atoms with Crippen LogP contribution in [0.3, 0.4) is 0 Å². The van der Waals surface area contributed by atoms with Crippen molar-refractivity contribution in [3.63, 3.8) is 0 Å². The molecule has 0 saturated heterocycles. The lowest BCUT2D eigenvalue weighted by molar-refractivity contribution is 0.155. The maximum atomic E-state index is 11.3. The Balaban J connectivity index is 2.14. The van der Waals surface area contributed by atoms with Crippen molar-refractivity contribution < 1.29 is 9.90 Å². The Morgan fingerprint density at radius 3 is 2.64 bits per heavy atom. The Morgan fingerprint density at radius 1 is 1.57 bits per heavy atom. The van der Waals surface area contributed by atoms with Gasteiger partial charge in [-0.15, -0.1) is 0 Å². The first-order chi connectivity index (χ1) is 6.56. The summed E-state index contributed by atoms with van der Waals surface area (Å²) >= 11 is 0. The normalized spacial score (nSPS) is 20.8. The van der Waals surface area contributed by atoms with E-state index in [4.69, 9.17) is 5.11 Å². The van der Waals surface area contributed by atoms with E-state index >= 15 is 0 Å².